The lowest BCUT2D eigenvalue weighted by atomic mass is 10.2. The first-order valence-electron chi connectivity index (χ1n) is 10.1. The second-order valence-electron chi connectivity index (χ2n) is 7.25. The van der Waals surface area contributed by atoms with Gasteiger partial charge in [-0.1, -0.05) is 47.3 Å². The predicted octanol–water partition coefficient (Wildman–Crippen LogP) is 4.11. The first-order chi connectivity index (χ1) is 16.2. The molecule has 1 aliphatic heterocycles. The first-order valence-corrected chi connectivity index (χ1v) is 11.1. The number of furan rings is 1. The molecule has 5 aromatic rings. The molecule has 0 bridgehead atoms. The molecule has 10 heteroatoms. The highest BCUT2D eigenvalue weighted by molar-refractivity contribution is 7.98. The maximum absolute atomic E-state index is 13.4. The molecule has 0 aliphatic carbocycles. The molecule has 1 aliphatic rings. The van der Waals surface area contributed by atoms with Gasteiger partial charge in [-0.3, -0.25) is 9.36 Å². The quantitative estimate of drug-likeness (QED) is 0.273. The van der Waals surface area contributed by atoms with Crippen LogP contribution in [0.15, 0.2) is 79.8 Å². The Hall–Kier alpha value is -4.05. The maximum atomic E-state index is 13.4. The van der Waals surface area contributed by atoms with Gasteiger partial charge < -0.3 is 18.4 Å². The van der Waals surface area contributed by atoms with Gasteiger partial charge >= 0.3 is 0 Å². The van der Waals surface area contributed by atoms with Gasteiger partial charge in [-0.25, -0.2) is 4.98 Å². The second kappa shape index (κ2) is 8.14. The summed E-state index contributed by atoms with van der Waals surface area (Å²) in [5.41, 5.74) is 1.19. The van der Waals surface area contributed by atoms with Crippen LogP contribution in [0.3, 0.4) is 0 Å². The third-order valence-corrected chi connectivity index (χ3v) is 6.09. The number of fused-ring (bicyclic) bond motifs is 2. The van der Waals surface area contributed by atoms with E-state index in [2.05, 4.69) is 10.1 Å². The smallest absolute Gasteiger partial charge is 0.262 e. The van der Waals surface area contributed by atoms with Crippen LogP contribution >= 0.6 is 11.8 Å². The van der Waals surface area contributed by atoms with Crippen LogP contribution in [-0.2, 0) is 12.3 Å². The number of hydrogen-bond acceptors (Lipinski definition) is 9. The summed E-state index contributed by atoms with van der Waals surface area (Å²) in [4.78, 5) is 22.6. The third kappa shape index (κ3) is 3.74. The van der Waals surface area contributed by atoms with Gasteiger partial charge in [-0.15, -0.1) is 0 Å². The van der Waals surface area contributed by atoms with E-state index in [1.165, 1.54) is 11.8 Å². The molecule has 0 saturated heterocycles. The fraction of sp³-hybridized carbons (Fsp3) is 0.130. The van der Waals surface area contributed by atoms with Gasteiger partial charge in [0.15, 0.2) is 16.7 Å². The van der Waals surface area contributed by atoms with Gasteiger partial charge in [0.05, 0.1) is 29.5 Å². The SMILES string of the molecule is O=c1c2cc3c(cc2nc(SCc2nc(-c4ccccc4)no2)n1Cc1ccco1)OCO3. The van der Waals surface area contributed by atoms with Crippen LogP contribution in [0.2, 0.25) is 0 Å². The number of rotatable bonds is 6. The van der Waals surface area contributed by atoms with Crippen molar-refractivity contribution in [2.24, 2.45) is 0 Å². The van der Waals surface area contributed by atoms with Crippen LogP contribution in [0.4, 0.5) is 0 Å². The van der Waals surface area contributed by atoms with Gasteiger partial charge in [0.2, 0.25) is 18.5 Å². The lowest BCUT2D eigenvalue weighted by Crippen LogP contribution is -2.23. The molecule has 33 heavy (non-hydrogen) atoms. The molecule has 0 fully saturated rings. The van der Waals surface area contributed by atoms with Gasteiger partial charge in [-0.05, 0) is 18.2 Å². The normalized spacial score (nSPS) is 12.5. The number of aromatic nitrogens is 4. The molecule has 0 unspecified atom stereocenters. The van der Waals surface area contributed by atoms with Crippen molar-refractivity contribution in [3.63, 3.8) is 0 Å². The van der Waals surface area contributed by atoms with Crippen molar-refractivity contribution in [3.8, 4) is 22.9 Å². The summed E-state index contributed by atoms with van der Waals surface area (Å²) in [6.07, 6.45) is 1.57. The van der Waals surface area contributed by atoms with Crippen LogP contribution < -0.4 is 15.0 Å². The van der Waals surface area contributed by atoms with Crippen molar-refractivity contribution in [3.05, 3.63) is 82.9 Å². The van der Waals surface area contributed by atoms with Gasteiger partial charge in [-0.2, -0.15) is 4.98 Å². The van der Waals surface area contributed by atoms with Crippen molar-refractivity contribution < 1.29 is 18.4 Å². The molecule has 3 aromatic heterocycles. The molecule has 0 spiro atoms. The Labute approximate surface area is 191 Å². The van der Waals surface area contributed by atoms with Gasteiger partial charge in [0, 0.05) is 11.6 Å². The molecule has 0 radical (unpaired) electrons. The Morgan fingerprint density at radius 1 is 1.00 bits per heavy atom. The number of ether oxygens (including phenoxy) is 2. The highest BCUT2D eigenvalue weighted by Gasteiger charge is 2.20. The zero-order chi connectivity index (χ0) is 22.2. The van der Waals surface area contributed by atoms with Crippen molar-refractivity contribution in [2.45, 2.75) is 17.5 Å². The van der Waals surface area contributed by atoms with E-state index in [1.54, 1.807) is 29.0 Å². The predicted molar refractivity (Wildman–Crippen MR) is 119 cm³/mol. The van der Waals surface area contributed by atoms with Crippen molar-refractivity contribution in [1.29, 1.82) is 0 Å². The molecule has 9 nitrogen and oxygen atoms in total. The van der Waals surface area contributed by atoms with Crippen LogP contribution in [0, 0.1) is 0 Å². The summed E-state index contributed by atoms with van der Waals surface area (Å²) in [5, 5.41) is 5.00. The lowest BCUT2D eigenvalue weighted by Gasteiger charge is -2.12. The summed E-state index contributed by atoms with van der Waals surface area (Å²) >= 11 is 1.33. The average molecular weight is 460 g/mol. The van der Waals surface area contributed by atoms with Crippen molar-refractivity contribution in [1.82, 2.24) is 19.7 Å². The van der Waals surface area contributed by atoms with E-state index in [0.717, 1.165) is 5.56 Å². The molecular formula is C23H16N4O5S. The lowest BCUT2D eigenvalue weighted by molar-refractivity contribution is 0.174. The molecule has 2 aromatic carbocycles. The van der Waals surface area contributed by atoms with Crippen molar-refractivity contribution >= 4 is 22.7 Å². The Morgan fingerprint density at radius 2 is 1.85 bits per heavy atom. The Bertz CT molecular complexity index is 1500. The molecule has 0 saturated carbocycles. The largest absolute Gasteiger partial charge is 0.467 e. The Morgan fingerprint density at radius 3 is 2.67 bits per heavy atom. The minimum atomic E-state index is -0.201. The minimum absolute atomic E-state index is 0.120. The monoisotopic (exact) mass is 460 g/mol. The zero-order valence-corrected chi connectivity index (χ0v) is 17.9. The number of hydrogen-bond donors (Lipinski definition) is 0. The Balaban J connectivity index is 1.36. The summed E-state index contributed by atoms with van der Waals surface area (Å²) < 4.78 is 23.3. The van der Waals surface area contributed by atoms with Crippen LogP contribution in [0.5, 0.6) is 11.5 Å². The highest BCUT2D eigenvalue weighted by atomic mass is 32.2. The molecule has 4 heterocycles. The molecule has 164 valence electrons. The molecular weight excluding hydrogens is 444 g/mol. The molecule has 0 amide bonds. The summed E-state index contributed by atoms with van der Waals surface area (Å²) in [6, 6.07) is 16.6. The van der Waals surface area contributed by atoms with E-state index in [-0.39, 0.29) is 18.9 Å². The van der Waals surface area contributed by atoms with Crippen LogP contribution in [0.25, 0.3) is 22.3 Å². The summed E-state index contributed by atoms with van der Waals surface area (Å²) in [6.45, 7) is 0.361. The molecule has 6 rings (SSSR count). The highest BCUT2D eigenvalue weighted by Crippen LogP contribution is 2.35. The zero-order valence-electron chi connectivity index (χ0n) is 17.1. The van der Waals surface area contributed by atoms with Gasteiger partial charge in [0.25, 0.3) is 5.56 Å². The topological polar surface area (TPSA) is 105 Å². The van der Waals surface area contributed by atoms with E-state index in [1.807, 2.05) is 36.4 Å². The van der Waals surface area contributed by atoms with Crippen LogP contribution in [-0.4, -0.2) is 26.5 Å². The summed E-state index contributed by atoms with van der Waals surface area (Å²) in [7, 11) is 0. The second-order valence-corrected chi connectivity index (χ2v) is 8.20. The minimum Gasteiger partial charge on any atom is -0.467 e. The van der Waals surface area contributed by atoms with E-state index < -0.39 is 0 Å². The number of thioether (sulfide) groups is 1. The van der Waals surface area contributed by atoms with Crippen LogP contribution in [0.1, 0.15) is 11.7 Å². The van der Waals surface area contributed by atoms with E-state index in [0.29, 0.717) is 50.8 Å². The fourth-order valence-corrected chi connectivity index (χ4v) is 4.38. The number of nitrogens with zero attached hydrogens (tertiary/aromatic N) is 4. The summed E-state index contributed by atoms with van der Waals surface area (Å²) in [5.74, 6) is 3.04. The Kier molecular flexibility index (Phi) is 4.84. The van der Waals surface area contributed by atoms with E-state index in [4.69, 9.17) is 23.4 Å². The average Bonchev–Trinajstić information content (AvgIpc) is 3.61. The van der Waals surface area contributed by atoms with E-state index >= 15 is 0 Å². The fourth-order valence-electron chi connectivity index (χ4n) is 3.54. The first kappa shape index (κ1) is 19.6. The van der Waals surface area contributed by atoms with Crippen molar-refractivity contribution in [2.75, 3.05) is 6.79 Å². The number of benzene rings is 2. The maximum Gasteiger partial charge on any atom is 0.262 e. The molecule has 0 atom stereocenters. The standard InChI is InChI=1S/C23H16N4O5S/c28-22-16-9-18-19(31-13-30-18)10-17(16)24-23(27(22)11-15-7-4-8-29-15)33-12-20-25-21(26-32-20)14-5-2-1-3-6-14/h1-10H,11-13H2. The third-order valence-electron chi connectivity index (χ3n) is 5.13. The van der Waals surface area contributed by atoms with Gasteiger partial charge in [0.1, 0.15) is 5.76 Å². The van der Waals surface area contributed by atoms with E-state index in [9.17, 15) is 4.79 Å². The molecule has 0 N–H and O–H groups in total.